The fourth-order valence-corrected chi connectivity index (χ4v) is 10.2. The van der Waals surface area contributed by atoms with E-state index in [1.807, 2.05) is 45.0 Å². The maximum Gasteiger partial charge on any atom is 0.161 e. The molecule has 2 bridgehead atoms. The van der Waals surface area contributed by atoms with Crippen LogP contribution in [0.5, 0.6) is 11.5 Å². The lowest BCUT2D eigenvalue weighted by Crippen LogP contribution is -2.48. The minimum absolute atomic E-state index is 0.00445. The van der Waals surface area contributed by atoms with Crippen molar-refractivity contribution in [3.05, 3.63) is 87.9 Å². The summed E-state index contributed by atoms with van der Waals surface area (Å²) in [5, 5.41) is 11.9. The summed E-state index contributed by atoms with van der Waals surface area (Å²) in [6, 6.07) is 20.4. The van der Waals surface area contributed by atoms with E-state index >= 15 is 0 Å². The molecule has 2 fully saturated rings. The zero-order chi connectivity index (χ0) is 30.5. The molecule has 0 spiro atoms. The van der Waals surface area contributed by atoms with Crippen LogP contribution < -0.4 is 14.4 Å². The Morgan fingerprint density at radius 2 is 1.63 bits per heavy atom. The molecule has 2 saturated heterocycles. The number of fused-ring (bicyclic) bond motifs is 3. The Bertz CT molecular complexity index is 1550. The zero-order valence-corrected chi connectivity index (χ0v) is 27.0. The summed E-state index contributed by atoms with van der Waals surface area (Å²) in [4.78, 5) is 2.40. The van der Waals surface area contributed by atoms with Gasteiger partial charge in [-0.15, -0.1) is 0 Å². The van der Waals surface area contributed by atoms with Gasteiger partial charge in [0.2, 0.25) is 0 Å². The van der Waals surface area contributed by atoms with Gasteiger partial charge in [0.25, 0.3) is 0 Å². The number of sulfone groups is 1. The van der Waals surface area contributed by atoms with Gasteiger partial charge in [0, 0.05) is 17.3 Å². The third-order valence-electron chi connectivity index (χ3n) is 9.86. The van der Waals surface area contributed by atoms with Gasteiger partial charge < -0.3 is 19.5 Å². The van der Waals surface area contributed by atoms with Crippen LogP contribution in [-0.4, -0.2) is 43.8 Å². The van der Waals surface area contributed by atoms with Gasteiger partial charge in [0.05, 0.1) is 35.4 Å². The molecule has 2 unspecified atom stereocenters. The molecular formula is C35H42ClNO5S. The van der Waals surface area contributed by atoms with E-state index in [-0.39, 0.29) is 28.6 Å². The van der Waals surface area contributed by atoms with E-state index in [4.69, 9.17) is 21.1 Å². The first-order chi connectivity index (χ1) is 20.5. The van der Waals surface area contributed by atoms with Crippen molar-refractivity contribution in [3.8, 4) is 11.5 Å². The SMILES string of the molecule is COc1cc2c(cc1OC(C)C)[C@H](c1ccc(Cl)cc1)N(c1ccc([C@@](C)(O)C3CC4CCCC(C3)S4(=O)=O)cc1)CC2. The highest BCUT2D eigenvalue weighted by Crippen LogP contribution is 2.47. The largest absolute Gasteiger partial charge is 0.493 e. The Hall–Kier alpha value is -2.74. The average Bonchev–Trinajstić information content (AvgIpc) is 2.96. The third kappa shape index (κ3) is 5.65. The quantitative estimate of drug-likeness (QED) is 0.299. The van der Waals surface area contributed by atoms with Gasteiger partial charge in [0.1, 0.15) is 0 Å². The number of hydrogen-bond acceptors (Lipinski definition) is 6. The molecule has 3 aromatic carbocycles. The first kappa shape index (κ1) is 30.3. The highest BCUT2D eigenvalue weighted by Gasteiger charge is 2.49. The van der Waals surface area contributed by atoms with E-state index in [1.165, 1.54) is 5.56 Å². The monoisotopic (exact) mass is 623 g/mol. The lowest BCUT2D eigenvalue weighted by atomic mass is 9.75. The van der Waals surface area contributed by atoms with Gasteiger partial charge in [-0.2, -0.15) is 0 Å². The molecule has 43 heavy (non-hydrogen) atoms. The topological polar surface area (TPSA) is 76.1 Å². The molecule has 0 radical (unpaired) electrons. The second kappa shape index (κ2) is 11.6. The van der Waals surface area contributed by atoms with E-state index in [0.29, 0.717) is 30.7 Å². The molecular weight excluding hydrogens is 582 g/mol. The molecule has 230 valence electrons. The van der Waals surface area contributed by atoms with Crippen molar-refractivity contribution in [2.45, 2.75) is 87.5 Å². The smallest absolute Gasteiger partial charge is 0.161 e. The number of methoxy groups -OCH3 is 1. The van der Waals surface area contributed by atoms with Crippen molar-refractivity contribution in [3.63, 3.8) is 0 Å². The van der Waals surface area contributed by atoms with Gasteiger partial charge in [-0.05, 0) is 117 Å². The Labute approximate surface area is 260 Å². The summed E-state index contributed by atoms with van der Waals surface area (Å²) in [7, 11) is -1.40. The molecule has 3 aliphatic rings. The van der Waals surface area contributed by atoms with Gasteiger partial charge in [0.15, 0.2) is 21.3 Å². The van der Waals surface area contributed by atoms with Crippen molar-refractivity contribution >= 4 is 27.1 Å². The molecule has 0 aromatic heterocycles. The molecule has 4 atom stereocenters. The summed E-state index contributed by atoms with van der Waals surface area (Å²) >= 11 is 6.29. The zero-order valence-electron chi connectivity index (χ0n) is 25.4. The van der Waals surface area contributed by atoms with Crippen LogP contribution in [0.1, 0.15) is 81.2 Å². The predicted octanol–water partition coefficient (Wildman–Crippen LogP) is 7.24. The van der Waals surface area contributed by atoms with Crippen molar-refractivity contribution in [1.82, 2.24) is 0 Å². The Morgan fingerprint density at radius 1 is 0.977 bits per heavy atom. The number of nitrogens with zero attached hydrogens (tertiary/aromatic N) is 1. The fraction of sp³-hybridized carbons (Fsp3) is 0.486. The number of aliphatic hydroxyl groups is 1. The summed E-state index contributed by atoms with van der Waals surface area (Å²) < 4.78 is 37.6. The lowest BCUT2D eigenvalue weighted by molar-refractivity contribution is -0.0188. The van der Waals surface area contributed by atoms with Crippen molar-refractivity contribution in [2.24, 2.45) is 5.92 Å². The third-order valence-corrected chi connectivity index (χ3v) is 12.8. The molecule has 8 heteroatoms. The van der Waals surface area contributed by atoms with Crippen LogP contribution in [0.25, 0.3) is 0 Å². The highest BCUT2D eigenvalue weighted by molar-refractivity contribution is 7.92. The van der Waals surface area contributed by atoms with Gasteiger partial charge in [-0.1, -0.05) is 42.3 Å². The van der Waals surface area contributed by atoms with Gasteiger partial charge in [-0.3, -0.25) is 0 Å². The van der Waals surface area contributed by atoms with E-state index in [0.717, 1.165) is 53.3 Å². The molecule has 3 heterocycles. The molecule has 6 nitrogen and oxygen atoms in total. The Kier molecular flexibility index (Phi) is 8.20. The van der Waals surface area contributed by atoms with Crippen LogP contribution in [0.4, 0.5) is 5.69 Å². The summed E-state index contributed by atoms with van der Waals surface area (Å²) in [5.74, 6) is 1.37. The summed E-state index contributed by atoms with van der Waals surface area (Å²) in [6.45, 7) is 6.68. The second-order valence-electron chi connectivity index (χ2n) is 12.9. The number of ether oxygens (including phenoxy) is 2. The molecule has 0 saturated carbocycles. The van der Waals surface area contributed by atoms with Gasteiger partial charge in [-0.25, -0.2) is 8.42 Å². The number of halogens is 1. The predicted molar refractivity (Wildman–Crippen MR) is 172 cm³/mol. The van der Waals surface area contributed by atoms with Crippen LogP contribution in [-0.2, 0) is 21.9 Å². The molecule has 1 N–H and O–H groups in total. The highest BCUT2D eigenvalue weighted by atomic mass is 35.5. The number of anilines is 1. The molecule has 3 aliphatic heterocycles. The minimum atomic E-state index is -3.08. The Balaban J connectivity index is 1.34. The van der Waals surface area contributed by atoms with Crippen LogP contribution in [0.15, 0.2) is 60.7 Å². The molecule has 0 amide bonds. The first-order valence-corrected chi connectivity index (χ1v) is 17.4. The van der Waals surface area contributed by atoms with Crippen LogP contribution in [0, 0.1) is 5.92 Å². The van der Waals surface area contributed by atoms with Gasteiger partial charge >= 0.3 is 0 Å². The molecule has 6 rings (SSSR count). The van der Waals surface area contributed by atoms with Crippen LogP contribution >= 0.6 is 11.6 Å². The molecule has 0 aliphatic carbocycles. The standard InChI is InChI=1S/C35H42ClNO5S/c1-22(2)42-33-21-31-24(18-32(33)41-4)16-17-37(34(31)23-8-12-27(36)13-9-23)28-14-10-25(11-15-28)35(3,38)26-19-29-6-5-7-30(20-26)43(29,39)40/h8-15,18,21-22,26,29-30,34,38H,5-7,16-17,19-20H2,1-4H3/t26?,29?,30?,34-,35+/m0/s1. The summed E-state index contributed by atoms with van der Waals surface area (Å²) in [5.41, 5.74) is 4.29. The van der Waals surface area contributed by atoms with E-state index in [1.54, 1.807) is 7.11 Å². The average molecular weight is 624 g/mol. The first-order valence-electron chi connectivity index (χ1n) is 15.4. The maximum atomic E-state index is 12.9. The maximum absolute atomic E-state index is 12.9. The number of rotatable bonds is 7. The normalized spacial score (nSPS) is 26.0. The lowest BCUT2D eigenvalue weighted by Gasteiger charge is -2.44. The van der Waals surface area contributed by atoms with Crippen molar-refractivity contribution in [2.75, 3.05) is 18.6 Å². The minimum Gasteiger partial charge on any atom is -0.493 e. The van der Waals surface area contributed by atoms with E-state index in [9.17, 15) is 13.5 Å². The fourth-order valence-electron chi connectivity index (χ4n) is 7.51. The number of benzene rings is 3. The number of hydrogen-bond donors (Lipinski definition) is 1. The molecule has 3 aromatic rings. The van der Waals surface area contributed by atoms with E-state index < -0.39 is 15.4 Å². The van der Waals surface area contributed by atoms with Crippen molar-refractivity contribution in [1.29, 1.82) is 0 Å². The summed E-state index contributed by atoms with van der Waals surface area (Å²) in [6.07, 6.45) is 4.29. The van der Waals surface area contributed by atoms with Crippen LogP contribution in [0.3, 0.4) is 0 Å². The van der Waals surface area contributed by atoms with Crippen molar-refractivity contribution < 1.29 is 23.0 Å². The second-order valence-corrected chi connectivity index (χ2v) is 15.8. The van der Waals surface area contributed by atoms with E-state index in [2.05, 4.69) is 41.3 Å². The Morgan fingerprint density at radius 3 is 2.23 bits per heavy atom. The van der Waals surface area contributed by atoms with Crippen LogP contribution in [0.2, 0.25) is 5.02 Å².